The second kappa shape index (κ2) is 12.5. The number of phenols is 1. The monoisotopic (exact) mass is 656 g/mol. The van der Waals surface area contributed by atoms with E-state index in [4.69, 9.17) is 4.74 Å². The maximum atomic E-state index is 13.6. The molecule has 3 fully saturated rings. The van der Waals surface area contributed by atoms with Crippen LogP contribution < -0.4 is 0 Å². The van der Waals surface area contributed by atoms with Crippen LogP contribution >= 0.6 is 0 Å². The van der Waals surface area contributed by atoms with E-state index < -0.39 is 46.9 Å². The van der Waals surface area contributed by atoms with Gasteiger partial charge in [0.25, 0.3) is 0 Å². The number of rotatable bonds is 9. The molecular weight excluding hydrogens is 616 g/mol. The Morgan fingerprint density at radius 3 is 2.60 bits per heavy atom. The van der Waals surface area contributed by atoms with Crippen LogP contribution in [0, 0.1) is 28.6 Å². The Morgan fingerprint density at radius 1 is 1.06 bits per heavy atom. The average molecular weight is 657 g/mol. The summed E-state index contributed by atoms with van der Waals surface area (Å²) in [5.74, 6) is -2.98. The summed E-state index contributed by atoms with van der Waals surface area (Å²) in [6.45, 7) is 3.37. The number of nitrogens with zero attached hydrogens (tertiary/aromatic N) is 2. The van der Waals surface area contributed by atoms with Gasteiger partial charge in [-0.05, 0) is 92.3 Å². The van der Waals surface area contributed by atoms with Crippen molar-refractivity contribution in [2.75, 3.05) is 6.61 Å². The first-order chi connectivity index (χ1) is 22.8. The minimum Gasteiger partial charge on any atom is -0.507 e. The Kier molecular flexibility index (Phi) is 8.72. The minimum atomic E-state index is -1.75. The van der Waals surface area contributed by atoms with E-state index in [-0.39, 0.29) is 66.2 Å². The Morgan fingerprint density at radius 2 is 1.83 bits per heavy atom. The predicted molar refractivity (Wildman–Crippen MR) is 173 cm³/mol. The number of ketones is 2. The number of ether oxygens (including phenoxy) is 1. The summed E-state index contributed by atoms with van der Waals surface area (Å²) in [5.41, 5.74) is -1.01. The number of aromatic hydroxyl groups is 1. The fourth-order valence-electron chi connectivity index (χ4n) is 9.05. The summed E-state index contributed by atoms with van der Waals surface area (Å²) in [6.07, 6.45) is 7.14. The van der Waals surface area contributed by atoms with Crippen molar-refractivity contribution in [2.24, 2.45) is 38.8 Å². The molecule has 252 valence electrons. The van der Waals surface area contributed by atoms with Gasteiger partial charge in [0.15, 0.2) is 12.4 Å². The maximum Gasteiger partial charge on any atom is 0.339 e. The molecule has 7 unspecified atom stereocenters. The molecule has 2 aromatic carbocycles. The molecule has 0 radical (unpaired) electrons. The number of benzene rings is 2. The highest BCUT2D eigenvalue weighted by atomic mass is 16.5. The number of aliphatic hydroxyl groups is 2. The number of hydrogen-bond acceptors (Lipinski definition) is 10. The molecule has 0 aromatic heterocycles. The first-order valence-electron chi connectivity index (χ1n) is 16.4. The van der Waals surface area contributed by atoms with Crippen LogP contribution in [0.15, 0.2) is 76.5 Å². The van der Waals surface area contributed by atoms with Gasteiger partial charge >= 0.3 is 11.9 Å². The number of carboxylic acid groups (broad SMARTS) is 1. The Bertz CT molecular complexity index is 1760. The Labute approximate surface area is 278 Å². The van der Waals surface area contributed by atoms with Gasteiger partial charge in [0.2, 0.25) is 5.78 Å². The van der Waals surface area contributed by atoms with Gasteiger partial charge in [0, 0.05) is 23.2 Å². The lowest BCUT2D eigenvalue weighted by Crippen LogP contribution is -2.61. The maximum absolute atomic E-state index is 13.6. The van der Waals surface area contributed by atoms with E-state index in [1.807, 2.05) is 13.0 Å². The molecule has 4 aliphatic carbocycles. The normalized spacial score (nSPS) is 32.2. The molecule has 0 spiro atoms. The van der Waals surface area contributed by atoms with Gasteiger partial charge in [-0.2, -0.15) is 10.2 Å². The van der Waals surface area contributed by atoms with Crippen molar-refractivity contribution in [1.82, 2.24) is 0 Å². The van der Waals surface area contributed by atoms with E-state index in [1.165, 1.54) is 18.2 Å². The van der Waals surface area contributed by atoms with Gasteiger partial charge in [0.05, 0.1) is 17.5 Å². The standard InChI is InChI=1S/C37H40N2O9/c1-35-15-13-24(40)17-22(35)8-10-25-27-14-16-37(47,36(27,2)19-30(42)33(25)35)31(43)20-48-32(44)12-7-21-5-3-4-6-28(21)39-38-23-9-11-29(41)26(18-23)34(45)46/h3-6,9,11,13,15,17-18,25,27,30,33,41-42,47H,7-8,10,12,14,16,19-20H2,1-2H3,(H,45,46)/b39-38+. The van der Waals surface area contributed by atoms with Crippen LogP contribution in [-0.2, 0) is 25.5 Å². The number of Topliss-reactive ketones (excluding diaryl/α,β-unsaturated/α-hetero) is 1. The lowest BCUT2D eigenvalue weighted by Gasteiger charge is -2.59. The number of aromatic carboxylic acids is 1. The summed E-state index contributed by atoms with van der Waals surface area (Å²) in [7, 11) is 0. The molecule has 4 aliphatic rings. The van der Waals surface area contributed by atoms with Crippen LogP contribution in [0.3, 0.4) is 0 Å². The molecule has 7 atom stereocenters. The fraction of sp³-hybridized carbons (Fsp3) is 0.459. The molecule has 4 N–H and O–H groups in total. The summed E-state index contributed by atoms with van der Waals surface area (Å²) in [5, 5.41) is 50.7. The van der Waals surface area contributed by atoms with Crippen molar-refractivity contribution in [3.05, 3.63) is 77.4 Å². The smallest absolute Gasteiger partial charge is 0.339 e. The van der Waals surface area contributed by atoms with Gasteiger partial charge in [-0.3, -0.25) is 14.4 Å². The lowest BCUT2D eigenvalue weighted by molar-refractivity contribution is -0.181. The van der Waals surface area contributed by atoms with Gasteiger partial charge in [-0.1, -0.05) is 43.7 Å². The Hall–Kier alpha value is -4.48. The molecule has 11 heteroatoms. The highest BCUT2D eigenvalue weighted by molar-refractivity contribution is 6.01. The highest BCUT2D eigenvalue weighted by Gasteiger charge is 2.68. The van der Waals surface area contributed by atoms with Crippen LogP contribution in [0.25, 0.3) is 0 Å². The van der Waals surface area contributed by atoms with Crippen molar-refractivity contribution >= 4 is 34.9 Å². The van der Waals surface area contributed by atoms with E-state index in [0.29, 0.717) is 17.7 Å². The molecular formula is C37H40N2O9. The van der Waals surface area contributed by atoms with Crippen molar-refractivity contribution in [3.63, 3.8) is 0 Å². The average Bonchev–Trinajstić information content (AvgIpc) is 3.33. The quantitative estimate of drug-likeness (QED) is 0.198. The third-order valence-electron chi connectivity index (χ3n) is 11.5. The number of hydrogen-bond donors (Lipinski definition) is 4. The van der Waals surface area contributed by atoms with Gasteiger partial charge in [-0.15, -0.1) is 0 Å². The summed E-state index contributed by atoms with van der Waals surface area (Å²) in [6, 6.07) is 10.8. The molecule has 0 aliphatic heterocycles. The zero-order chi connectivity index (χ0) is 34.4. The molecule has 11 nitrogen and oxygen atoms in total. The van der Waals surface area contributed by atoms with Crippen LogP contribution in [0.5, 0.6) is 5.75 Å². The first kappa shape index (κ1) is 33.4. The number of esters is 1. The highest BCUT2D eigenvalue weighted by Crippen LogP contribution is 2.67. The van der Waals surface area contributed by atoms with Gasteiger partial charge in [0.1, 0.15) is 16.9 Å². The van der Waals surface area contributed by atoms with E-state index in [9.17, 15) is 39.6 Å². The molecule has 0 heterocycles. The second-order valence-corrected chi connectivity index (χ2v) is 14.0. The summed E-state index contributed by atoms with van der Waals surface area (Å²) in [4.78, 5) is 49.8. The molecule has 0 amide bonds. The first-order valence-corrected chi connectivity index (χ1v) is 16.4. The molecule has 0 bridgehead atoms. The van der Waals surface area contributed by atoms with Crippen molar-refractivity contribution in [3.8, 4) is 5.75 Å². The number of azo groups is 1. The van der Waals surface area contributed by atoms with E-state index in [2.05, 4.69) is 17.2 Å². The Balaban J connectivity index is 1.08. The number of allylic oxidation sites excluding steroid dienone is 4. The predicted octanol–water partition coefficient (Wildman–Crippen LogP) is 5.56. The largest absolute Gasteiger partial charge is 0.507 e. The third-order valence-corrected chi connectivity index (χ3v) is 11.5. The van der Waals surface area contributed by atoms with Crippen LogP contribution in [0.1, 0.15) is 68.3 Å². The molecule has 0 saturated heterocycles. The molecule has 48 heavy (non-hydrogen) atoms. The van der Waals surface area contributed by atoms with Crippen molar-refractivity contribution < 1.29 is 44.3 Å². The van der Waals surface area contributed by atoms with E-state index >= 15 is 0 Å². The van der Waals surface area contributed by atoms with Crippen LogP contribution in [-0.4, -0.2) is 62.2 Å². The number of aliphatic hydroxyl groups excluding tert-OH is 1. The number of fused-ring (bicyclic) bond motifs is 5. The number of carbonyl (C=O) groups excluding carboxylic acids is 3. The minimum absolute atomic E-state index is 0.0112. The van der Waals surface area contributed by atoms with Crippen LogP contribution in [0.4, 0.5) is 11.4 Å². The van der Waals surface area contributed by atoms with E-state index in [1.54, 1.807) is 36.4 Å². The topological polar surface area (TPSA) is 183 Å². The molecule has 6 rings (SSSR count). The summed E-state index contributed by atoms with van der Waals surface area (Å²) < 4.78 is 5.38. The zero-order valence-corrected chi connectivity index (χ0v) is 27.0. The van der Waals surface area contributed by atoms with Crippen molar-refractivity contribution in [2.45, 2.75) is 70.5 Å². The second-order valence-electron chi connectivity index (χ2n) is 14.0. The zero-order valence-electron chi connectivity index (χ0n) is 27.0. The number of carboxylic acids is 1. The number of carbonyl (C=O) groups is 4. The molecule has 3 saturated carbocycles. The van der Waals surface area contributed by atoms with E-state index in [0.717, 1.165) is 18.4 Å². The SMILES string of the molecule is CC12C=CC(=O)C=C1CCC1C2C(O)CC2(C)C1CCC2(O)C(=O)COC(=O)CCc1ccccc1/N=N/c1ccc(O)c(C(=O)O)c1. The number of aryl methyl sites for hydroxylation is 1. The molecule has 2 aromatic rings. The van der Waals surface area contributed by atoms with Gasteiger partial charge < -0.3 is 25.2 Å². The van der Waals surface area contributed by atoms with Crippen molar-refractivity contribution in [1.29, 1.82) is 0 Å². The summed E-state index contributed by atoms with van der Waals surface area (Å²) >= 11 is 0. The van der Waals surface area contributed by atoms with Gasteiger partial charge in [-0.25, -0.2) is 4.79 Å². The third kappa shape index (κ3) is 5.68. The lowest BCUT2D eigenvalue weighted by atomic mass is 9.46. The fourth-order valence-corrected chi connectivity index (χ4v) is 9.05. The van der Waals surface area contributed by atoms with Crippen LogP contribution in [0.2, 0.25) is 0 Å².